The van der Waals surface area contributed by atoms with Crippen molar-refractivity contribution >= 4 is 23.8 Å². The molecule has 3 heterocycles. The maximum absolute atomic E-state index is 15.0. The standard InChI is InChI=1S/C19H13F5N6O4/c1-18(12(21)14(19(22,23)24)29-16(34-18)30-17(32)33)13-9(20)3-5-11(27-13)28-15(31)10-4-2-8(6-25)7-26-10/h2-5,7,12,14H,1H3,(H,29,30)(H,32,33)(H,27,28,31)/t12-,14+,18+/m1/s1. The van der Waals surface area contributed by atoms with Crippen molar-refractivity contribution in [1.82, 2.24) is 15.3 Å². The Morgan fingerprint density at radius 2 is 1.94 bits per heavy atom. The van der Waals surface area contributed by atoms with Gasteiger partial charge in [-0.05, 0) is 31.2 Å². The van der Waals surface area contributed by atoms with Crippen molar-refractivity contribution in [3.05, 3.63) is 53.2 Å². The lowest BCUT2D eigenvalue weighted by atomic mass is 9.88. The summed E-state index contributed by atoms with van der Waals surface area (Å²) >= 11 is 0. The van der Waals surface area contributed by atoms with E-state index in [1.807, 2.05) is 0 Å². The number of nitrogens with one attached hydrogen (secondary N) is 2. The van der Waals surface area contributed by atoms with Crippen molar-refractivity contribution in [2.24, 2.45) is 4.99 Å². The fourth-order valence-electron chi connectivity index (χ4n) is 2.98. The molecule has 0 aromatic carbocycles. The monoisotopic (exact) mass is 484 g/mol. The van der Waals surface area contributed by atoms with Crippen LogP contribution in [-0.2, 0) is 10.3 Å². The number of anilines is 1. The van der Waals surface area contributed by atoms with Crippen LogP contribution in [-0.4, -0.2) is 51.5 Å². The van der Waals surface area contributed by atoms with Crippen molar-refractivity contribution in [3.63, 3.8) is 0 Å². The van der Waals surface area contributed by atoms with Gasteiger partial charge in [-0.25, -0.2) is 33.9 Å². The van der Waals surface area contributed by atoms with Gasteiger partial charge in [-0.2, -0.15) is 18.4 Å². The van der Waals surface area contributed by atoms with E-state index in [4.69, 9.17) is 15.1 Å². The normalized spacial score (nSPS) is 22.1. The molecule has 0 bridgehead atoms. The first-order valence-corrected chi connectivity index (χ1v) is 9.17. The zero-order valence-electron chi connectivity index (χ0n) is 16.9. The number of alkyl halides is 4. The number of aromatic nitrogens is 2. The van der Waals surface area contributed by atoms with Crippen molar-refractivity contribution in [1.29, 1.82) is 5.26 Å². The average molecular weight is 484 g/mol. The van der Waals surface area contributed by atoms with E-state index in [1.54, 1.807) is 6.07 Å². The maximum atomic E-state index is 15.0. The highest BCUT2D eigenvalue weighted by Crippen LogP contribution is 2.42. The highest BCUT2D eigenvalue weighted by Gasteiger charge is 2.59. The molecule has 1 aliphatic rings. The topological polar surface area (TPSA) is 150 Å². The smallest absolute Gasteiger partial charge is 0.413 e. The number of ether oxygens (including phenoxy) is 1. The molecule has 0 unspecified atom stereocenters. The van der Waals surface area contributed by atoms with Crippen LogP contribution >= 0.6 is 0 Å². The van der Waals surface area contributed by atoms with E-state index < -0.39 is 59.3 Å². The number of carboxylic acid groups (broad SMARTS) is 1. The molecule has 3 N–H and O–H groups in total. The van der Waals surface area contributed by atoms with Gasteiger partial charge < -0.3 is 15.2 Å². The number of amides is 2. The van der Waals surface area contributed by atoms with Gasteiger partial charge in [0.2, 0.25) is 0 Å². The lowest BCUT2D eigenvalue weighted by Gasteiger charge is -2.39. The molecule has 0 saturated carbocycles. The zero-order valence-corrected chi connectivity index (χ0v) is 16.9. The lowest BCUT2D eigenvalue weighted by molar-refractivity contribution is -0.188. The number of pyridine rings is 2. The van der Waals surface area contributed by atoms with Crippen molar-refractivity contribution in [3.8, 4) is 6.07 Å². The third-order valence-electron chi connectivity index (χ3n) is 4.60. The van der Waals surface area contributed by atoms with Gasteiger partial charge >= 0.3 is 12.3 Å². The number of carbonyl (C=O) groups is 2. The van der Waals surface area contributed by atoms with Gasteiger partial charge in [-0.1, -0.05) is 0 Å². The number of nitrogens with zero attached hydrogens (tertiary/aromatic N) is 4. The Bertz CT molecular complexity index is 1200. The van der Waals surface area contributed by atoms with Crippen LogP contribution in [0.1, 0.15) is 28.7 Å². The number of carbonyl (C=O) groups excluding carboxylic acids is 1. The number of hydrogen-bond donors (Lipinski definition) is 3. The van der Waals surface area contributed by atoms with Crippen LogP contribution in [0.25, 0.3) is 0 Å². The fraction of sp³-hybridized carbons (Fsp3) is 0.263. The summed E-state index contributed by atoms with van der Waals surface area (Å²) in [6.45, 7) is 0.730. The van der Waals surface area contributed by atoms with Crippen LogP contribution in [0.5, 0.6) is 0 Å². The molecule has 2 amide bonds. The van der Waals surface area contributed by atoms with Gasteiger partial charge in [0, 0.05) is 6.20 Å². The number of hydrogen-bond acceptors (Lipinski definition) is 7. The summed E-state index contributed by atoms with van der Waals surface area (Å²) in [5.41, 5.74) is -3.79. The molecule has 0 radical (unpaired) electrons. The van der Waals surface area contributed by atoms with Crippen LogP contribution in [0.2, 0.25) is 0 Å². The molecule has 0 aliphatic carbocycles. The second kappa shape index (κ2) is 8.89. The molecule has 3 rings (SSSR count). The summed E-state index contributed by atoms with van der Waals surface area (Å²) in [4.78, 5) is 33.6. The number of nitriles is 1. The van der Waals surface area contributed by atoms with Crippen molar-refractivity contribution < 1.29 is 41.4 Å². The van der Waals surface area contributed by atoms with Crippen LogP contribution in [0.3, 0.4) is 0 Å². The number of amidine groups is 1. The summed E-state index contributed by atoms with van der Waals surface area (Å²) in [6, 6.07) is 1.63. The Morgan fingerprint density at radius 3 is 2.50 bits per heavy atom. The first kappa shape index (κ1) is 24.3. The largest absolute Gasteiger partial charge is 0.465 e. The molecule has 2 aromatic heterocycles. The summed E-state index contributed by atoms with van der Waals surface area (Å²) < 4.78 is 74.8. The summed E-state index contributed by atoms with van der Waals surface area (Å²) in [6.07, 6.45) is -9.07. The molecule has 178 valence electrons. The Kier molecular flexibility index (Phi) is 6.35. The SMILES string of the molecule is C[C@]1(c2nc(NC(=O)c3ccc(C#N)cn3)ccc2F)OC(NC(=O)O)=N[C@H](C(F)(F)F)[C@H]1F. The van der Waals surface area contributed by atoms with E-state index in [0.717, 1.165) is 19.2 Å². The Morgan fingerprint density at radius 1 is 1.24 bits per heavy atom. The molecule has 1 aliphatic heterocycles. The molecule has 15 heteroatoms. The first-order valence-electron chi connectivity index (χ1n) is 9.17. The lowest BCUT2D eigenvalue weighted by Crippen LogP contribution is -2.56. The van der Waals surface area contributed by atoms with Crippen molar-refractivity contribution in [2.45, 2.75) is 30.9 Å². The Labute approximate surface area is 187 Å². The van der Waals surface area contributed by atoms with Crippen LogP contribution in [0.15, 0.2) is 35.5 Å². The number of aliphatic imine (C=N–C) groups is 1. The van der Waals surface area contributed by atoms with Crippen LogP contribution in [0, 0.1) is 17.1 Å². The second-order valence-corrected chi connectivity index (χ2v) is 6.99. The highest BCUT2D eigenvalue weighted by molar-refractivity contribution is 6.02. The van der Waals surface area contributed by atoms with E-state index in [2.05, 4.69) is 20.3 Å². The van der Waals surface area contributed by atoms with Gasteiger partial charge in [0.25, 0.3) is 11.9 Å². The molecule has 0 saturated heterocycles. The van der Waals surface area contributed by atoms with E-state index in [1.165, 1.54) is 17.4 Å². The van der Waals surface area contributed by atoms with Gasteiger partial charge in [-0.3, -0.25) is 4.79 Å². The molecular weight excluding hydrogens is 471 g/mol. The minimum atomic E-state index is -5.28. The highest BCUT2D eigenvalue weighted by atomic mass is 19.4. The summed E-state index contributed by atoms with van der Waals surface area (Å²) in [5.74, 6) is -2.57. The molecule has 2 aromatic rings. The summed E-state index contributed by atoms with van der Waals surface area (Å²) in [7, 11) is 0. The average Bonchev–Trinajstić information content (AvgIpc) is 2.76. The summed E-state index contributed by atoms with van der Waals surface area (Å²) in [5, 5.41) is 21.2. The molecule has 0 spiro atoms. The van der Waals surface area contributed by atoms with Crippen LogP contribution < -0.4 is 10.6 Å². The van der Waals surface area contributed by atoms with E-state index in [0.29, 0.717) is 6.07 Å². The van der Waals surface area contributed by atoms with Crippen LogP contribution in [0.4, 0.5) is 32.6 Å². The molecule has 34 heavy (non-hydrogen) atoms. The van der Waals surface area contributed by atoms with Gasteiger partial charge in [0.05, 0.1) is 5.56 Å². The molecule has 10 nitrogen and oxygen atoms in total. The quantitative estimate of drug-likeness (QED) is 0.567. The van der Waals surface area contributed by atoms with Gasteiger partial charge in [0.15, 0.2) is 17.8 Å². The minimum absolute atomic E-state index is 0.168. The van der Waals surface area contributed by atoms with Gasteiger partial charge in [0.1, 0.15) is 29.1 Å². The van der Waals surface area contributed by atoms with E-state index >= 15 is 4.39 Å². The first-order chi connectivity index (χ1) is 15.8. The third-order valence-corrected chi connectivity index (χ3v) is 4.60. The Hall–Kier alpha value is -4.35. The number of rotatable bonds is 3. The zero-order chi connectivity index (χ0) is 25.3. The minimum Gasteiger partial charge on any atom is -0.465 e. The molecule has 0 fully saturated rings. The number of halogens is 5. The van der Waals surface area contributed by atoms with E-state index in [9.17, 15) is 27.2 Å². The fourth-order valence-corrected chi connectivity index (χ4v) is 2.98. The Balaban J connectivity index is 1.98. The predicted octanol–water partition coefficient (Wildman–Crippen LogP) is 2.88. The second-order valence-electron chi connectivity index (χ2n) is 6.99. The van der Waals surface area contributed by atoms with Gasteiger partial charge in [-0.15, -0.1) is 0 Å². The van der Waals surface area contributed by atoms with E-state index in [-0.39, 0.29) is 11.3 Å². The molecular formula is C19H13F5N6O4. The third kappa shape index (κ3) is 4.85. The van der Waals surface area contributed by atoms with Crippen molar-refractivity contribution in [2.75, 3.05) is 5.32 Å². The predicted molar refractivity (Wildman–Crippen MR) is 103 cm³/mol. The molecule has 3 atom stereocenters. The maximum Gasteiger partial charge on any atom is 0.413 e.